The summed E-state index contributed by atoms with van der Waals surface area (Å²) >= 11 is 0. The average molecular weight is 341 g/mol. The Morgan fingerprint density at radius 2 is 1.60 bits per heavy atom. The Morgan fingerprint density at radius 3 is 2.20 bits per heavy atom. The molecule has 0 atom stereocenters. The summed E-state index contributed by atoms with van der Waals surface area (Å²) in [7, 11) is 5.70. The van der Waals surface area contributed by atoms with E-state index >= 15 is 0 Å². The molecule has 0 aliphatic carbocycles. The monoisotopic (exact) mass is 341 g/mol. The molecule has 2 amide bonds. The molecule has 0 saturated heterocycles. The molecule has 0 radical (unpaired) electrons. The van der Waals surface area contributed by atoms with Gasteiger partial charge in [-0.05, 0) is 48.2 Å². The van der Waals surface area contributed by atoms with Gasteiger partial charge in [-0.1, -0.05) is 24.3 Å². The highest BCUT2D eigenvalue weighted by atomic mass is 16.5. The smallest absolute Gasteiger partial charge is 0.315 e. The van der Waals surface area contributed by atoms with Crippen LogP contribution in [0, 0.1) is 0 Å². The van der Waals surface area contributed by atoms with Crippen LogP contribution in [0.3, 0.4) is 0 Å². The van der Waals surface area contributed by atoms with Gasteiger partial charge in [-0.3, -0.25) is 0 Å². The maximum absolute atomic E-state index is 11.8. The fraction of sp³-hybridized carbons (Fsp3) is 0.350. The van der Waals surface area contributed by atoms with Crippen molar-refractivity contribution in [3.63, 3.8) is 0 Å². The fourth-order valence-corrected chi connectivity index (χ4v) is 2.44. The Bertz CT molecular complexity index is 652. The van der Waals surface area contributed by atoms with Crippen molar-refractivity contribution in [2.75, 3.05) is 32.6 Å². The van der Waals surface area contributed by atoms with Crippen molar-refractivity contribution in [1.29, 1.82) is 0 Å². The van der Waals surface area contributed by atoms with Crippen molar-refractivity contribution in [3.05, 3.63) is 59.7 Å². The molecule has 5 nitrogen and oxygen atoms in total. The van der Waals surface area contributed by atoms with Gasteiger partial charge in [0, 0.05) is 32.9 Å². The van der Waals surface area contributed by atoms with Crippen LogP contribution in [0.1, 0.15) is 17.5 Å². The molecule has 5 heteroatoms. The van der Waals surface area contributed by atoms with Gasteiger partial charge in [-0.15, -0.1) is 0 Å². The van der Waals surface area contributed by atoms with Crippen molar-refractivity contribution >= 4 is 11.7 Å². The first-order chi connectivity index (χ1) is 12.1. The topological polar surface area (TPSA) is 53.6 Å². The third-order valence-corrected chi connectivity index (χ3v) is 3.99. The molecule has 25 heavy (non-hydrogen) atoms. The van der Waals surface area contributed by atoms with E-state index in [1.807, 2.05) is 38.4 Å². The number of nitrogens with zero attached hydrogens (tertiary/aromatic N) is 1. The highest BCUT2D eigenvalue weighted by Crippen LogP contribution is 2.13. The number of benzene rings is 2. The Morgan fingerprint density at radius 1 is 0.960 bits per heavy atom. The van der Waals surface area contributed by atoms with E-state index < -0.39 is 0 Å². The molecule has 2 aromatic rings. The number of carbonyl (C=O) groups excluding carboxylic acids is 1. The summed E-state index contributed by atoms with van der Waals surface area (Å²) in [6.45, 7) is 1.16. The molecule has 2 rings (SSSR count). The quantitative estimate of drug-likeness (QED) is 0.725. The number of carbonyl (C=O) groups is 1. The summed E-state index contributed by atoms with van der Waals surface area (Å²) in [5.74, 6) is 0.812. The summed E-state index contributed by atoms with van der Waals surface area (Å²) in [6.07, 6.45) is 1.86. The van der Waals surface area contributed by atoms with Gasteiger partial charge >= 0.3 is 6.03 Å². The molecular formula is C20H27N3O2. The van der Waals surface area contributed by atoms with Crippen LogP contribution in [-0.4, -0.2) is 33.8 Å². The van der Waals surface area contributed by atoms with Crippen LogP contribution in [-0.2, 0) is 13.0 Å². The lowest BCUT2D eigenvalue weighted by Crippen LogP contribution is -2.35. The number of amides is 2. The van der Waals surface area contributed by atoms with E-state index in [-0.39, 0.29) is 6.03 Å². The first-order valence-corrected chi connectivity index (χ1v) is 8.49. The van der Waals surface area contributed by atoms with Gasteiger partial charge in [0.25, 0.3) is 0 Å². The van der Waals surface area contributed by atoms with E-state index in [2.05, 4.69) is 39.8 Å². The Hall–Kier alpha value is -2.69. The molecule has 0 bridgehead atoms. The predicted molar refractivity (Wildman–Crippen MR) is 102 cm³/mol. The first kappa shape index (κ1) is 18.6. The number of methoxy groups -OCH3 is 1. The summed E-state index contributed by atoms with van der Waals surface area (Å²) in [5.41, 5.74) is 3.52. The van der Waals surface area contributed by atoms with E-state index in [1.54, 1.807) is 7.11 Å². The van der Waals surface area contributed by atoms with Crippen molar-refractivity contribution in [2.45, 2.75) is 19.4 Å². The second kappa shape index (κ2) is 9.57. The molecule has 2 aromatic carbocycles. The largest absolute Gasteiger partial charge is 0.497 e. The van der Waals surface area contributed by atoms with E-state index in [0.717, 1.165) is 24.2 Å². The third kappa shape index (κ3) is 6.37. The fourth-order valence-electron chi connectivity index (χ4n) is 2.44. The zero-order chi connectivity index (χ0) is 18.1. The van der Waals surface area contributed by atoms with Crippen molar-refractivity contribution < 1.29 is 9.53 Å². The standard InChI is InChI=1S/C20H27N3O2/c1-23(2)18-10-6-16(7-11-18)5-4-14-21-20(24)22-15-17-8-12-19(25-3)13-9-17/h6-13H,4-5,14-15H2,1-3H3,(H2,21,22,24). The number of hydrogen-bond donors (Lipinski definition) is 2. The summed E-state index contributed by atoms with van der Waals surface area (Å²) < 4.78 is 5.11. The van der Waals surface area contributed by atoms with E-state index in [0.29, 0.717) is 13.1 Å². The zero-order valence-corrected chi connectivity index (χ0v) is 15.2. The van der Waals surface area contributed by atoms with Crippen LogP contribution >= 0.6 is 0 Å². The lowest BCUT2D eigenvalue weighted by atomic mass is 10.1. The number of hydrogen-bond acceptors (Lipinski definition) is 3. The van der Waals surface area contributed by atoms with Crippen molar-refractivity contribution in [2.24, 2.45) is 0 Å². The number of ether oxygens (including phenoxy) is 1. The highest BCUT2D eigenvalue weighted by molar-refractivity contribution is 5.73. The Balaban J connectivity index is 1.63. The molecule has 0 aliphatic heterocycles. The Kier molecular flexibility index (Phi) is 7.14. The summed E-state index contributed by atoms with van der Waals surface area (Å²) in [6, 6.07) is 16.0. The number of nitrogens with one attached hydrogen (secondary N) is 2. The molecule has 0 aliphatic rings. The normalized spacial score (nSPS) is 10.2. The maximum Gasteiger partial charge on any atom is 0.315 e. The van der Waals surface area contributed by atoms with Gasteiger partial charge in [0.15, 0.2) is 0 Å². The average Bonchev–Trinajstić information content (AvgIpc) is 2.64. The zero-order valence-electron chi connectivity index (χ0n) is 15.2. The molecule has 0 saturated carbocycles. The lowest BCUT2D eigenvalue weighted by Gasteiger charge is -2.12. The van der Waals surface area contributed by atoms with Crippen molar-refractivity contribution in [3.8, 4) is 5.75 Å². The number of aryl methyl sites for hydroxylation is 1. The van der Waals surface area contributed by atoms with Gasteiger partial charge in [0.1, 0.15) is 5.75 Å². The molecule has 0 aromatic heterocycles. The second-order valence-corrected chi connectivity index (χ2v) is 6.12. The summed E-state index contributed by atoms with van der Waals surface area (Å²) in [5, 5.41) is 5.75. The van der Waals surface area contributed by atoms with E-state index in [4.69, 9.17) is 4.74 Å². The van der Waals surface area contributed by atoms with E-state index in [1.165, 1.54) is 11.3 Å². The molecule has 0 fully saturated rings. The number of anilines is 1. The predicted octanol–water partition coefficient (Wildman–Crippen LogP) is 3.19. The third-order valence-electron chi connectivity index (χ3n) is 3.99. The van der Waals surface area contributed by atoms with Gasteiger partial charge in [0.2, 0.25) is 0 Å². The van der Waals surface area contributed by atoms with Crippen LogP contribution in [0.25, 0.3) is 0 Å². The van der Waals surface area contributed by atoms with Crippen LogP contribution in [0.15, 0.2) is 48.5 Å². The molecule has 0 heterocycles. The first-order valence-electron chi connectivity index (χ1n) is 8.49. The minimum absolute atomic E-state index is 0.140. The number of urea groups is 1. The SMILES string of the molecule is COc1ccc(CNC(=O)NCCCc2ccc(N(C)C)cc2)cc1. The van der Waals surface area contributed by atoms with Crippen LogP contribution in [0.4, 0.5) is 10.5 Å². The molecule has 0 spiro atoms. The lowest BCUT2D eigenvalue weighted by molar-refractivity contribution is 0.240. The van der Waals surface area contributed by atoms with Crippen LogP contribution in [0.2, 0.25) is 0 Å². The molecule has 134 valence electrons. The molecule has 0 unspecified atom stereocenters. The highest BCUT2D eigenvalue weighted by Gasteiger charge is 2.01. The molecule has 2 N–H and O–H groups in total. The van der Waals surface area contributed by atoms with Gasteiger partial charge < -0.3 is 20.3 Å². The van der Waals surface area contributed by atoms with Gasteiger partial charge in [0.05, 0.1) is 7.11 Å². The van der Waals surface area contributed by atoms with E-state index in [9.17, 15) is 4.79 Å². The van der Waals surface area contributed by atoms with Crippen LogP contribution < -0.4 is 20.3 Å². The molecular weight excluding hydrogens is 314 g/mol. The van der Waals surface area contributed by atoms with Crippen LogP contribution in [0.5, 0.6) is 5.75 Å². The van der Waals surface area contributed by atoms with Gasteiger partial charge in [-0.25, -0.2) is 4.79 Å². The van der Waals surface area contributed by atoms with Gasteiger partial charge in [-0.2, -0.15) is 0 Å². The maximum atomic E-state index is 11.8. The minimum atomic E-state index is -0.140. The Labute approximate surface area is 150 Å². The number of rotatable bonds is 8. The van der Waals surface area contributed by atoms with Crippen molar-refractivity contribution in [1.82, 2.24) is 10.6 Å². The second-order valence-electron chi connectivity index (χ2n) is 6.12. The summed E-state index contributed by atoms with van der Waals surface area (Å²) in [4.78, 5) is 13.9. The minimum Gasteiger partial charge on any atom is -0.497 e.